The lowest BCUT2D eigenvalue weighted by Gasteiger charge is -2.11. The number of aromatic hydroxyl groups is 1. The molecule has 0 radical (unpaired) electrons. The van der Waals surface area contributed by atoms with E-state index in [0.717, 1.165) is 12.5 Å². The van der Waals surface area contributed by atoms with Crippen LogP contribution in [0.15, 0.2) is 36.4 Å². The summed E-state index contributed by atoms with van der Waals surface area (Å²) in [6, 6.07) is 10.3. The fraction of sp³-hybridized carbons (Fsp3) is 0.200. The average Bonchev–Trinajstić information content (AvgIpc) is 2.52. The predicted molar refractivity (Wildman–Crippen MR) is 76.0 cm³/mol. The summed E-state index contributed by atoms with van der Waals surface area (Å²) < 4.78 is 4.34. The molecule has 2 rings (SSSR count). The van der Waals surface area contributed by atoms with E-state index < -0.39 is 18.0 Å². The molecule has 0 saturated heterocycles. The number of methoxy groups -OCH3 is 1. The standard InChI is InChI=1S/C15H15NO5/c1-21-15(20)12(17)8-16-14(19)11-7-6-9-4-2-3-5-10(9)13(11)18/h2-7,12,17-18H,8H2,1H3,(H,16,19). The Hall–Kier alpha value is -2.60. The molecule has 1 amide bonds. The molecular weight excluding hydrogens is 274 g/mol. The van der Waals surface area contributed by atoms with Crippen LogP contribution in [0.3, 0.4) is 0 Å². The number of ether oxygens (including phenoxy) is 1. The SMILES string of the molecule is COC(=O)C(O)CNC(=O)c1ccc2ccccc2c1O. The van der Waals surface area contributed by atoms with Crippen LogP contribution in [0.25, 0.3) is 10.8 Å². The number of esters is 1. The van der Waals surface area contributed by atoms with Crippen LogP contribution >= 0.6 is 0 Å². The fourth-order valence-corrected chi connectivity index (χ4v) is 1.94. The lowest BCUT2D eigenvalue weighted by atomic mass is 10.0. The third-order valence-electron chi connectivity index (χ3n) is 3.07. The van der Waals surface area contributed by atoms with Gasteiger partial charge in [-0.25, -0.2) is 4.79 Å². The van der Waals surface area contributed by atoms with Gasteiger partial charge in [0.1, 0.15) is 5.75 Å². The Labute approximate surface area is 121 Å². The van der Waals surface area contributed by atoms with Gasteiger partial charge in [-0.15, -0.1) is 0 Å². The summed E-state index contributed by atoms with van der Waals surface area (Å²) in [4.78, 5) is 23.0. The van der Waals surface area contributed by atoms with Gasteiger partial charge in [-0.2, -0.15) is 0 Å². The van der Waals surface area contributed by atoms with E-state index in [0.29, 0.717) is 5.39 Å². The second-order valence-electron chi connectivity index (χ2n) is 4.43. The highest BCUT2D eigenvalue weighted by atomic mass is 16.5. The van der Waals surface area contributed by atoms with Gasteiger partial charge < -0.3 is 20.3 Å². The maximum atomic E-state index is 12.0. The molecule has 1 atom stereocenters. The molecule has 0 aliphatic carbocycles. The number of fused-ring (bicyclic) bond motifs is 1. The fourth-order valence-electron chi connectivity index (χ4n) is 1.94. The van der Waals surface area contributed by atoms with Crippen LogP contribution in [0.2, 0.25) is 0 Å². The van der Waals surface area contributed by atoms with E-state index in [-0.39, 0.29) is 17.9 Å². The Morgan fingerprint density at radius 1 is 1.24 bits per heavy atom. The summed E-state index contributed by atoms with van der Waals surface area (Å²) in [5, 5.41) is 23.3. The maximum absolute atomic E-state index is 12.0. The lowest BCUT2D eigenvalue weighted by Crippen LogP contribution is -2.37. The molecule has 110 valence electrons. The molecule has 0 bridgehead atoms. The van der Waals surface area contributed by atoms with Crippen molar-refractivity contribution in [2.45, 2.75) is 6.10 Å². The largest absolute Gasteiger partial charge is 0.506 e. The van der Waals surface area contributed by atoms with Crippen molar-refractivity contribution in [2.24, 2.45) is 0 Å². The third kappa shape index (κ3) is 3.11. The first-order valence-electron chi connectivity index (χ1n) is 6.29. The van der Waals surface area contributed by atoms with E-state index in [1.165, 1.54) is 6.07 Å². The van der Waals surface area contributed by atoms with E-state index in [4.69, 9.17) is 0 Å². The van der Waals surface area contributed by atoms with E-state index in [1.807, 2.05) is 12.1 Å². The minimum absolute atomic E-state index is 0.0748. The zero-order valence-electron chi connectivity index (χ0n) is 11.4. The normalized spacial score (nSPS) is 11.9. The van der Waals surface area contributed by atoms with Crippen molar-refractivity contribution in [3.63, 3.8) is 0 Å². The Kier molecular flexibility index (Phi) is 4.39. The number of phenols is 1. The zero-order chi connectivity index (χ0) is 15.4. The number of nitrogens with one attached hydrogen (secondary N) is 1. The lowest BCUT2D eigenvalue weighted by molar-refractivity contribution is -0.149. The molecule has 6 nitrogen and oxygen atoms in total. The number of aliphatic hydroxyl groups is 1. The second-order valence-corrected chi connectivity index (χ2v) is 4.43. The first kappa shape index (κ1) is 14.8. The van der Waals surface area contributed by atoms with Gasteiger partial charge in [-0.3, -0.25) is 4.79 Å². The highest BCUT2D eigenvalue weighted by Gasteiger charge is 2.18. The quantitative estimate of drug-likeness (QED) is 0.724. The van der Waals surface area contributed by atoms with Crippen molar-refractivity contribution in [3.05, 3.63) is 42.0 Å². The summed E-state index contributed by atoms with van der Waals surface area (Å²) in [6.07, 6.45) is -1.44. The van der Waals surface area contributed by atoms with E-state index in [9.17, 15) is 19.8 Å². The molecule has 6 heteroatoms. The number of rotatable bonds is 4. The molecule has 21 heavy (non-hydrogen) atoms. The minimum Gasteiger partial charge on any atom is -0.506 e. The summed E-state index contributed by atoms with van der Waals surface area (Å²) in [5.74, 6) is -1.56. The number of hydrogen-bond acceptors (Lipinski definition) is 5. The highest BCUT2D eigenvalue weighted by Crippen LogP contribution is 2.28. The summed E-state index contributed by atoms with van der Waals surface area (Å²) in [6.45, 7) is -0.294. The maximum Gasteiger partial charge on any atom is 0.336 e. The van der Waals surface area contributed by atoms with Crippen molar-refractivity contribution in [2.75, 3.05) is 13.7 Å². The second kappa shape index (κ2) is 6.23. The number of amides is 1. The molecule has 2 aromatic rings. The smallest absolute Gasteiger partial charge is 0.336 e. The molecular formula is C15H15NO5. The van der Waals surface area contributed by atoms with Crippen LogP contribution in [0, 0.1) is 0 Å². The van der Waals surface area contributed by atoms with E-state index >= 15 is 0 Å². The van der Waals surface area contributed by atoms with Crippen molar-refractivity contribution < 1.29 is 24.5 Å². The number of benzene rings is 2. The molecule has 0 aliphatic rings. The van der Waals surface area contributed by atoms with Gasteiger partial charge in [-0.05, 0) is 11.5 Å². The number of carbonyl (C=O) groups is 2. The molecule has 0 aromatic heterocycles. The van der Waals surface area contributed by atoms with Gasteiger partial charge >= 0.3 is 5.97 Å². The van der Waals surface area contributed by atoms with Gasteiger partial charge in [0.2, 0.25) is 0 Å². The third-order valence-corrected chi connectivity index (χ3v) is 3.07. The molecule has 0 saturated carbocycles. The van der Waals surface area contributed by atoms with Gasteiger partial charge in [0, 0.05) is 5.39 Å². The monoisotopic (exact) mass is 289 g/mol. The molecule has 0 fully saturated rings. The highest BCUT2D eigenvalue weighted by molar-refractivity contribution is 6.03. The van der Waals surface area contributed by atoms with Crippen LogP contribution < -0.4 is 5.32 Å². The Morgan fingerprint density at radius 3 is 2.67 bits per heavy atom. The van der Waals surface area contributed by atoms with Crippen molar-refractivity contribution in [3.8, 4) is 5.75 Å². The average molecular weight is 289 g/mol. The van der Waals surface area contributed by atoms with Crippen LogP contribution in [-0.2, 0) is 9.53 Å². The number of aliphatic hydroxyl groups excluding tert-OH is 1. The first-order chi connectivity index (χ1) is 10.0. The topological polar surface area (TPSA) is 95.9 Å². The molecule has 0 spiro atoms. The van der Waals surface area contributed by atoms with Gasteiger partial charge in [0.05, 0.1) is 19.2 Å². The van der Waals surface area contributed by atoms with Crippen molar-refractivity contribution >= 4 is 22.6 Å². The Morgan fingerprint density at radius 2 is 1.95 bits per heavy atom. The summed E-state index contributed by atoms with van der Waals surface area (Å²) in [5.41, 5.74) is 0.0748. The molecule has 3 N–H and O–H groups in total. The van der Waals surface area contributed by atoms with E-state index in [2.05, 4.69) is 10.1 Å². The molecule has 2 aromatic carbocycles. The Balaban J connectivity index is 2.16. The van der Waals surface area contributed by atoms with Crippen LogP contribution in [-0.4, -0.2) is 41.8 Å². The summed E-state index contributed by atoms with van der Waals surface area (Å²) >= 11 is 0. The zero-order valence-corrected chi connectivity index (χ0v) is 11.4. The van der Waals surface area contributed by atoms with Gasteiger partial charge in [0.15, 0.2) is 6.10 Å². The number of hydrogen-bond donors (Lipinski definition) is 3. The Bertz CT molecular complexity index is 683. The predicted octanol–water partition coefficient (Wildman–Crippen LogP) is 0.809. The first-order valence-corrected chi connectivity index (χ1v) is 6.29. The molecule has 0 aliphatic heterocycles. The van der Waals surface area contributed by atoms with E-state index in [1.54, 1.807) is 18.2 Å². The van der Waals surface area contributed by atoms with Gasteiger partial charge in [0.25, 0.3) is 5.91 Å². The minimum atomic E-state index is -1.44. The molecule has 0 heterocycles. The van der Waals surface area contributed by atoms with Crippen molar-refractivity contribution in [1.82, 2.24) is 5.32 Å². The molecule has 1 unspecified atom stereocenters. The van der Waals surface area contributed by atoms with Crippen molar-refractivity contribution in [1.29, 1.82) is 0 Å². The van der Waals surface area contributed by atoms with Crippen LogP contribution in [0.4, 0.5) is 0 Å². The van der Waals surface area contributed by atoms with Crippen LogP contribution in [0.1, 0.15) is 10.4 Å². The summed E-state index contributed by atoms with van der Waals surface area (Å²) in [7, 11) is 1.14. The van der Waals surface area contributed by atoms with Gasteiger partial charge in [-0.1, -0.05) is 30.3 Å². The van der Waals surface area contributed by atoms with Crippen LogP contribution in [0.5, 0.6) is 5.75 Å². The number of carbonyl (C=O) groups excluding carboxylic acids is 2. The number of phenolic OH excluding ortho intramolecular Hbond substituents is 1.